The number of H-pyrrole nitrogens is 1. The minimum atomic E-state index is -0.549. The second-order valence-corrected chi connectivity index (χ2v) is 6.72. The monoisotopic (exact) mass is 406 g/mol. The van der Waals surface area contributed by atoms with Gasteiger partial charge in [0.05, 0.1) is 6.21 Å². The van der Waals surface area contributed by atoms with Gasteiger partial charge in [-0.25, -0.2) is 10.2 Å². The summed E-state index contributed by atoms with van der Waals surface area (Å²) in [6.07, 6.45) is 3.26. The van der Waals surface area contributed by atoms with Crippen molar-refractivity contribution in [3.63, 3.8) is 0 Å². The molecule has 0 amide bonds. The number of fused-ring (bicyclic) bond motifs is 1. The van der Waals surface area contributed by atoms with Crippen LogP contribution in [-0.4, -0.2) is 25.3 Å². The lowest BCUT2D eigenvalue weighted by Crippen LogP contribution is -2.29. The highest BCUT2D eigenvalue weighted by molar-refractivity contribution is 6.33. The van der Waals surface area contributed by atoms with E-state index in [4.69, 9.17) is 23.2 Å². The summed E-state index contributed by atoms with van der Waals surface area (Å²) < 4.78 is 2.84. The molecule has 10 heteroatoms. The number of nitrogens with one attached hydrogen (secondary N) is 2. The first-order valence-electron chi connectivity index (χ1n) is 7.94. The van der Waals surface area contributed by atoms with Crippen LogP contribution in [0.4, 0.5) is 5.95 Å². The smallest absolute Gasteiger partial charge is 0.299 e. The predicted octanol–water partition coefficient (Wildman–Crippen LogP) is 2.67. The maximum atomic E-state index is 12.3. The van der Waals surface area contributed by atoms with Gasteiger partial charge in [-0.1, -0.05) is 47.5 Å². The highest BCUT2D eigenvalue weighted by Crippen LogP contribution is 2.17. The molecule has 140 valence electrons. The molecule has 0 aliphatic rings. The second kappa shape index (κ2) is 7.81. The molecule has 3 aromatic rings. The van der Waals surface area contributed by atoms with E-state index in [0.29, 0.717) is 10.1 Å². The average Bonchev–Trinajstić information content (AvgIpc) is 2.99. The zero-order chi connectivity index (χ0) is 19.6. The number of halogens is 2. The van der Waals surface area contributed by atoms with Gasteiger partial charge < -0.3 is 0 Å². The van der Waals surface area contributed by atoms with Gasteiger partial charge in [0.1, 0.15) is 0 Å². The van der Waals surface area contributed by atoms with E-state index in [9.17, 15) is 9.59 Å². The lowest BCUT2D eigenvalue weighted by atomic mass is 10.2. The summed E-state index contributed by atoms with van der Waals surface area (Å²) in [5, 5.41) is 5.25. The Balaban J connectivity index is 2.07. The number of rotatable bonds is 5. The van der Waals surface area contributed by atoms with Crippen molar-refractivity contribution in [1.82, 2.24) is 19.1 Å². The third-order valence-corrected chi connectivity index (χ3v) is 4.33. The molecular formula is C17H16Cl2N6O2. The van der Waals surface area contributed by atoms with E-state index in [1.165, 1.54) is 17.8 Å². The van der Waals surface area contributed by atoms with Crippen LogP contribution in [0.1, 0.15) is 12.5 Å². The predicted molar refractivity (Wildman–Crippen MR) is 108 cm³/mol. The molecule has 0 saturated heterocycles. The summed E-state index contributed by atoms with van der Waals surface area (Å²) in [7, 11) is 1.53. The molecule has 3 rings (SSSR count). The summed E-state index contributed by atoms with van der Waals surface area (Å²) in [6, 6.07) is 7.22. The van der Waals surface area contributed by atoms with Gasteiger partial charge >= 0.3 is 5.69 Å². The molecule has 27 heavy (non-hydrogen) atoms. The molecule has 0 bridgehead atoms. The summed E-state index contributed by atoms with van der Waals surface area (Å²) in [5.41, 5.74) is 2.90. The van der Waals surface area contributed by atoms with Crippen LogP contribution in [-0.2, 0) is 13.6 Å². The standard InChI is InChI=1S/C17H16Cl2N6O2/c1-10(18)7-8-25-13-14(24(2)17(27)22-15(13)26)21-16(25)23-20-9-11-5-3-4-6-12(11)19/h3-7,9H,8H2,1-2H3,(H,21,23)(H,22,26,27)/b10-7-,20-9+. The summed E-state index contributed by atoms with van der Waals surface area (Å²) in [5.74, 6) is 0.286. The maximum Gasteiger partial charge on any atom is 0.329 e. The Bertz CT molecular complexity index is 1170. The van der Waals surface area contributed by atoms with Gasteiger partial charge in [-0.2, -0.15) is 10.1 Å². The lowest BCUT2D eigenvalue weighted by Gasteiger charge is -2.05. The number of aryl methyl sites for hydroxylation is 1. The number of hydrogen-bond acceptors (Lipinski definition) is 5. The van der Waals surface area contributed by atoms with Crippen molar-refractivity contribution < 1.29 is 0 Å². The van der Waals surface area contributed by atoms with Crippen molar-refractivity contribution in [2.24, 2.45) is 12.1 Å². The number of hydrazone groups is 1. The van der Waals surface area contributed by atoms with Gasteiger partial charge in [-0.05, 0) is 13.0 Å². The minimum absolute atomic E-state index is 0.236. The molecule has 8 nitrogen and oxygen atoms in total. The zero-order valence-corrected chi connectivity index (χ0v) is 16.0. The van der Waals surface area contributed by atoms with E-state index in [1.54, 1.807) is 23.6 Å². The molecule has 1 aromatic carbocycles. The molecule has 0 spiro atoms. The third kappa shape index (κ3) is 3.96. The summed E-state index contributed by atoms with van der Waals surface area (Å²) >= 11 is 12.0. The number of allylic oxidation sites excluding steroid dienone is 2. The van der Waals surface area contributed by atoms with Gasteiger partial charge in [-0.3, -0.25) is 18.9 Å². The maximum absolute atomic E-state index is 12.3. The van der Waals surface area contributed by atoms with Gasteiger partial charge in [0, 0.05) is 29.2 Å². The largest absolute Gasteiger partial charge is 0.329 e. The van der Waals surface area contributed by atoms with E-state index in [0.717, 1.165) is 5.56 Å². The Morgan fingerprint density at radius 2 is 2.11 bits per heavy atom. The molecule has 2 aromatic heterocycles. The first-order valence-corrected chi connectivity index (χ1v) is 8.69. The Kier molecular flexibility index (Phi) is 5.48. The summed E-state index contributed by atoms with van der Waals surface area (Å²) in [4.78, 5) is 30.7. The Morgan fingerprint density at radius 3 is 2.81 bits per heavy atom. The van der Waals surface area contributed by atoms with Crippen molar-refractivity contribution in [3.05, 3.63) is 66.8 Å². The van der Waals surface area contributed by atoms with E-state index >= 15 is 0 Å². The first-order chi connectivity index (χ1) is 12.9. The molecule has 0 fully saturated rings. The van der Waals surface area contributed by atoms with Crippen LogP contribution in [0.25, 0.3) is 11.2 Å². The van der Waals surface area contributed by atoms with Crippen LogP contribution in [0.15, 0.2) is 50.1 Å². The third-order valence-electron chi connectivity index (χ3n) is 3.84. The van der Waals surface area contributed by atoms with Crippen LogP contribution < -0.4 is 16.7 Å². The number of nitrogens with zero attached hydrogens (tertiary/aromatic N) is 4. The van der Waals surface area contributed by atoms with Crippen LogP contribution in [0.3, 0.4) is 0 Å². The molecule has 2 heterocycles. The summed E-state index contributed by atoms with van der Waals surface area (Å²) in [6.45, 7) is 2.00. The molecule has 0 saturated carbocycles. The van der Waals surface area contributed by atoms with Gasteiger partial charge in [0.2, 0.25) is 5.95 Å². The quantitative estimate of drug-likeness (QED) is 0.502. The molecular weight excluding hydrogens is 391 g/mol. The molecule has 0 aliphatic carbocycles. The topological polar surface area (TPSA) is 97.1 Å². The fourth-order valence-corrected chi connectivity index (χ4v) is 2.71. The molecule has 0 unspecified atom stereocenters. The Morgan fingerprint density at radius 1 is 1.37 bits per heavy atom. The van der Waals surface area contributed by atoms with Crippen molar-refractivity contribution in [3.8, 4) is 0 Å². The van der Waals surface area contributed by atoms with Gasteiger partial charge in [0.15, 0.2) is 11.2 Å². The fraction of sp³-hybridized carbons (Fsp3) is 0.176. The number of aromatic nitrogens is 4. The van der Waals surface area contributed by atoms with Crippen LogP contribution in [0.2, 0.25) is 5.02 Å². The Hall–Kier alpha value is -2.84. The number of anilines is 1. The first kappa shape index (κ1) is 18.9. The Labute approximate surface area is 163 Å². The van der Waals surface area contributed by atoms with E-state index < -0.39 is 11.2 Å². The minimum Gasteiger partial charge on any atom is -0.299 e. The molecule has 2 N–H and O–H groups in total. The number of hydrogen-bond donors (Lipinski definition) is 2. The molecule has 0 aliphatic heterocycles. The average molecular weight is 407 g/mol. The van der Waals surface area contributed by atoms with Crippen molar-refractivity contribution in [2.75, 3.05) is 5.43 Å². The van der Waals surface area contributed by atoms with Crippen molar-refractivity contribution in [2.45, 2.75) is 13.5 Å². The van der Waals surface area contributed by atoms with Crippen LogP contribution >= 0.6 is 23.2 Å². The van der Waals surface area contributed by atoms with E-state index in [-0.39, 0.29) is 23.7 Å². The highest BCUT2D eigenvalue weighted by atomic mass is 35.5. The van der Waals surface area contributed by atoms with Crippen molar-refractivity contribution in [1.29, 1.82) is 0 Å². The normalized spacial score (nSPS) is 12.2. The number of aromatic amines is 1. The SMILES string of the molecule is C/C(Cl)=C/Cn1c(N/N=C/c2ccccc2Cl)nc2c1c(=O)[nH]c(=O)n2C. The van der Waals surface area contributed by atoms with Gasteiger partial charge in [0.25, 0.3) is 5.56 Å². The van der Waals surface area contributed by atoms with Crippen LogP contribution in [0, 0.1) is 0 Å². The molecule has 0 atom stereocenters. The number of imidazole rings is 1. The van der Waals surface area contributed by atoms with Crippen molar-refractivity contribution >= 4 is 46.5 Å². The molecule has 0 radical (unpaired) electrons. The number of benzene rings is 1. The lowest BCUT2D eigenvalue weighted by molar-refractivity contribution is 0.818. The van der Waals surface area contributed by atoms with E-state index in [1.807, 2.05) is 18.2 Å². The van der Waals surface area contributed by atoms with E-state index in [2.05, 4.69) is 20.5 Å². The second-order valence-electron chi connectivity index (χ2n) is 5.72. The highest BCUT2D eigenvalue weighted by Gasteiger charge is 2.16. The van der Waals surface area contributed by atoms with Gasteiger partial charge in [-0.15, -0.1) is 0 Å². The fourth-order valence-electron chi connectivity index (χ4n) is 2.45. The van der Waals surface area contributed by atoms with Crippen LogP contribution in [0.5, 0.6) is 0 Å². The zero-order valence-electron chi connectivity index (χ0n) is 14.5.